The van der Waals surface area contributed by atoms with Crippen LogP contribution in [0, 0.1) is 6.92 Å². The van der Waals surface area contributed by atoms with Gasteiger partial charge >= 0.3 is 5.97 Å². The van der Waals surface area contributed by atoms with Gasteiger partial charge in [0.05, 0.1) is 16.7 Å². The van der Waals surface area contributed by atoms with Gasteiger partial charge in [0.2, 0.25) is 0 Å². The Bertz CT molecular complexity index is 1200. The third-order valence-corrected chi connectivity index (χ3v) is 7.55. The Morgan fingerprint density at radius 3 is 2.66 bits per heavy atom. The number of carboxylic acid groups (broad SMARTS) is 1. The van der Waals surface area contributed by atoms with Gasteiger partial charge in [-0.25, -0.2) is 13.4 Å². The summed E-state index contributed by atoms with van der Waals surface area (Å²) in [5.74, 6) is -1.02. The van der Waals surface area contributed by atoms with Crippen LogP contribution < -0.4 is 0 Å². The molecule has 1 N–H and O–H groups in total. The van der Waals surface area contributed by atoms with Crippen molar-refractivity contribution < 1.29 is 18.3 Å². The van der Waals surface area contributed by atoms with E-state index in [0.717, 1.165) is 33.9 Å². The summed E-state index contributed by atoms with van der Waals surface area (Å²) in [5.41, 5.74) is 2.65. The lowest BCUT2D eigenvalue weighted by molar-refractivity contribution is -0.137. The lowest BCUT2D eigenvalue weighted by atomic mass is 9.93. The minimum atomic E-state index is -3.47. The topological polar surface area (TPSA) is 89.3 Å². The van der Waals surface area contributed by atoms with Crippen LogP contribution in [-0.4, -0.2) is 35.3 Å². The molecule has 1 aliphatic heterocycles. The van der Waals surface area contributed by atoms with E-state index in [1.807, 2.05) is 35.8 Å². The molecule has 2 aromatic heterocycles. The first kappa shape index (κ1) is 20.0. The number of nitrogens with zero attached hydrogens (tertiary/aromatic N) is 2. The second-order valence-corrected chi connectivity index (χ2v) is 10.6. The molecule has 0 bridgehead atoms. The number of benzene rings is 1. The maximum Gasteiger partial charge on any atom is 0.304 e. The van der Waals surface area contributed by atoms with Crippen LogP contribution in [0.4, 0.5) is 0 Å². The number of aliphatic carboxylic acids is 1. The number of rotatable bonds is 5. The number of fused-ring (bicyclic) bond motifs is 3. The predicted octanol–water partition coefficient (Wildman–Crippen LogP) is 4.25. The minimum absolute atomic E-state index is 0.0198. The molecule has 3 heterocycles. The smallest absolute Gasteiger partial charge is 0.304 e. The van der Waals surface area contributed by atoms with E-state index >= 15 is 0 Å². The monoisotopic (exact) mass is 430 g/mol. The van der Waals surface area contributed by atoms with Crippen molar-refractivity contribution in [3.05, 3.63) is 47.8 Å². The maximum absolute atomic E-state index is 12.5. The summed E-state index contributed by atoms with van der Waals surface area (Å²) in [6, 6.07) is 9.56. The Labute approximate surface area is 173 Å². The molecule has 0 amide bonds. The molecule has 1 aromatic carbocycles. The Morgan fingerprint density at radius 2 is 2.00 bits per heavy atom. The fourth-order valence-electron chi connectivity index (χ4n) is 4.03. The largest absolute Gasteiger partial charge is 0.481 e. The Hall–Kier alpha value is -2.32. The fraction of sp³-hybridized carbons (Fsp3) is 0.333. The van der Waals surface area contributed by atoms with Crippen LogP contribution in [-0.2, 0) is 21.2 Å². The first-order valence-corrected chi connectivity index (χ1v) is 12.1. The summed E-state index contributed by atoms with van der Waals surface area (Å²) < 4.78 is 27.1. The maximum atomic E-state index is 12.5. The molecule has 0 saturated carbocycles. The van der Waals surface area contributed by atoms with E-state index in [0.29, 0.717) is 17.6 Å². The molecular weight excluding hydrogens is 408 g/mol. The zero-order valence-corrected chi connectivity index (χ0v) is 17.9. The molecule has 8 heteroatoms. The number of hydrogen-bond donors (Lipinski definition) is 1. The van der Waals surface area contributed by atoms with Crippen molar-refractivity contribution in [2.24, 2.45) is 0 Å². The third kappa shape index (κ3) is 3.79. The van der Waals surface area contributed by atoms with Crippen LogP contribution in [0.2, 0.25) is 0 Å². The van der Waals surface area contributed by atoms with Crippen molar-refractivity contribution >= 4 is 38.6 Å². The van der Waals surface area contributed by atoms with Crippen molar-refractivity contribution in [1.29, 1.82) is 0 Å². The molecule has 3 aromatic rings. The number of sulfone groups is 1. The van der Waals surface area contributed by atoms with E-state index in [9.17, 15) is 18.3 Å². The SMILES string of the molecule is Cc1ccc(Sc2c3n(c4nccc(S(C)(=O)=O)c24)CCC[C@@H]3CC(=O)O)cc1. The molecular formula is C21H22N2O4S2. The standard InChI is InChI=1S/C21H22N2O4S2/c1-13-5-7-15(8-6-13)28-20-18-16(29(2,26)27)9-10-22-21(18)23-11-3-4-14(19(20)23)12-17(24)25/h5-10,14H,3-4,11-12H2,1-2H3,(H,24,25)/t14-/m1/s1. The third-order valence-electron chi connectivity index (χ3n) is 5.28. The van der Waals surface area contributed by atoms with Crippen molar-refractivity contribution in [3.63, 3.8) is 0 Å². The van der Waals surface area contributed by atoms with E-state index in [2.05, 4.69) is 4.98 Å². The number of aryl methyl sites for hydroxylation is 2. The average molecular weight is 431 g/mol. The van der Waals surface area contributed by atoms with Gasteiger partial charge in [-0.15, -0.1) is 0 Å². The van der Waals surface area contributed by atoms with Crippen molar-refractivity contribution in [3.8, 4) is 0 Å². The first-order valence-electron chi connectivity index (χ1n) is 9.43. The number of hydrogen-bond acceptors (Lipinski definition) is 5. The molecule has 6 nitrogen and oxygen atoms in total. The van der Waals surface area contributed by atoms with Crippen LogP contribution in [0.1, 0.15) is 36.4 Å². The number of aromatic nitrogens is 2. The zero-order valence-electron chi connectivity index (χ0n) is 16.3. The lowest BCUT2D eigenvalue weighted by Gasteiger charge is -2.25. The van der Waals surface area contributed by atoms with Gasteiger partial charge in [-0.2, -0.15) is 0 Å². The summed E-state index contributed by atoms with van der Waals surface area (Å²) in [5, 5.41) is 10.0. The second-order valence-electron chi connectivity index (χ2n) is 7.50. The van der Waals surface area contributed by atoms with Gasteiger partial charge in [-0.05, 0) is 38.0 Å². The molecule has 1 aliphatic rings. The summed E-state index contributed by atoms with van der Waals surface area (Å²) in [4.78, 5) is 18.0. The minimum Gasteiger partial charge on any atom is -0.481 e. The molecule has 1 atom stereocenters. The highest BCUT2D eigenvalue weighted by molar-refractivity contribution is 7.99. The normalized spacial score (nSPS) is 16.7. The van der Waals surface area contributed by atoms with Crippen LogP contribution >= 0.6 is 11.8 Å². The number of carbonyl (C=O) groups is 1. The van der Waals surface area contributed by atoms with E-state index in [1.165, 1.54) is 30.3 Å². The number of pyridine rings is 1. The Balaban J connectivity index is 2.01. The van der Waals surface area contributed by atoms with Crippen LogP contribution in [0.3, 0.4) is 0 Å². The van der Waals surface area contributed by atoms with Gasteiger partial charge in [0.15, 0.2) is 9.84 Å². The van der Waals surface area contributed by atoms with E-state index in [4.69, 9.17) is 0 Å². The van der Waals surface area contributed by atoms with Crippen molar-refractivity contribution in [2.45, 2.75) is 53.3 Å². The predicted molar refractivity (Wildman–Crippen MR) is 112 cm³/mol. The van der Waals surface area contributed by atoms with Gasteiger partial charge in [0.1, 0.15) is 5.65 Å². The van der Waals surface area contributed by atoms with Gasteiger partial charge in [-0.3, -0.25) is 4.79 Å². The van der Waals surface area contributed by atoms with Gasteiger partial charge < -0.3 is 9.67 Å². The fourth-order valence-corrected chi connectivity index (χ4v) is 6.16. The molecule has 0 unspecified atom stereocenters. The molecule has 0 radical (unpaired) electrons. The average Bonchev–Trinajstić information content (AvgIpc) is 2.97. The highest BCUT2D eigenvalue weighted by Crippen LogP contribution is 2.46. The molecule has 0 saturated heterocycles. The highest BCUT2D eigenvalue weighted by Gasteiger charge is 2.32. The van der Waals surface area contributed by atoms with Crippen LogP contribution in [0.5, 0.6) is 0 Å². The van der Waals surface area contributed by atoms with Gasteiger partial charge in [-0.1, -0.05) is 29.5 Å². The molecule has 152 valence electrons. The molecule has 0 spiro atoms. The highest BCUT2D eigenvalue weighted by atomic mass is 32.2. The second kappa shape index (κ2) is 7.50. The van der Waals surface area contributed by atoms with Gasteiger partial charge in [0, 0.05) is 40.4 Å². The molecule has 0 fully saturated rings. The molecule has 29 heavy (non-hydrogen) atoms. The zero-order chi connectivity index (χ0) is 20.8. The Morgan fingerprint density at radius 1 is 1.28 bits per heavy atom. The number of carboxylic acids is 1. The lowest BCUT2D eigenvalue weighted by Crippen LogP contribution is -2.18. The first-order chi connectivity index (χ1) is 13.8. The Kier molecular flexibility index (Phi) is 5.16. The molecule has 4 rings (SSSR count). The summed E-state index contributed by atoms with van der Waals surface area (Å²) >= 11 is 1.49. The van der Waals surface area contributed by atoms with E-state index in [-0.39, 0.29) is 17.2 Å². The summed E-state index contributed by atoms with van der Waals surface area (Å²) in [6.45, 7) is 2.72. The molecule has 0 aliphatic carbocycles. The quantitative estimate of drug-likeness (QED) is 0.651. The van der Waals surface area contributed by atoms with E-state index < -0.39 is 15.8 Å². The van der Waals surface area contributed by atoms with Crippen LogP contribution in [0.15, 0.2) is 51.2 Å². The van der Waals surface area contributed by atoms with Crippen molar-refractivity contribution in [1.82, 2.24) is 9.55 Å². The van der Waals surface area contributed by atoms with E-state index in [1.54, 1.807) is 0 Å². The van der Waals surface area contributed by atoms with Gasteiger partial charge in [0.25, 0.3) is 0 Å². The summed E-state index contributed by atoms with van der Waals surface area (Å²) in [7, 11) is -3.47. The van der Waals surface area contributed by atoms with Crippen molar-refractivity contribution in [2.75, 3.05) is 6.26 Å². The summed E-state index contributed by atoms with van der Waals surface area (Å²) in [6.07, 6.45) is 4.35. The van der Waals surface area contributed by atoms with Crippen LogP contribution in [0.25, 0.3) is 11.0 Å².